The molecule has 2 N–H and O–H groups in total. The van der Waals surface area contributed by atoms with Crippen molar-refractivity contribution >= 4 is 10.4 Å². The van der Waals surface area contributed by atoms with Crippen LogP contribution in [-0.4, -0.2) is 49.7 Å². The van der Waals surface area contributed by atoms with E-state index in [4.69, 9.17) is 17.5 Å². The van der Waals surface area contributed by atoms with Crippen LogP contribution in [0.4, 0.5) is 0 Å². The molecule has 6 heteroatoms. The second-order valence-electron chi connectivity index (χ2n) is 5.94. The van der Waals surface area contributed by atoms with E-state index in [0.717, 1.165) is 4.48 Å². The average molecular weight is 298 g/mol. The predicted molar refractivity (Wildman–Crippen MR) is 79.7 cm³/mol. The predicted octanol–water partition coefficient (Wildman–Crippen LogP) is 3.18. The van der Waals surface area contributed by atoms with Crippen molar-refractivity contribution in [2.45, 2.75) is 58.3 Å². The Morgan fingerprint density at radius 2 is 1.11 bits per heavy atom. The lowest BCUT2D eigenvalue weighted by molar-refractivity contribution is -0.870. The van der Waals surface area contributed by atoms with Crippen LogP contribution in [0.25, 0.3) is 0 Å². The maximum absolute atomic E-state index is 8.74. The SMILES string of the molecule is CCCCCCCCCC[N+](C)(C)C.O=S(=O)(O)O. The van der Waals surface area contributed by atoms with Crippen molar-refractivity contribution in [1.82, 2.24) is 0 Å². The van der Waals surface area contributed by atoms with Crippen LogP contribution in [0.15, 0.2) is 0 Å². The Hall–Kier alpha value is -0.170. The number of hydrogen-bond donors (Lipinski definition) is 2. The Morgan fingerprint density at radius 1 is 0.789 bits per heavy atom. The van der Waals surface area contributed by atoms with Gasteiger partial charge in [-0.15, -0.1) is 0 Å². The quantitative estimate of drug-likeness (QED) is 0.389. The van der Waals surface area contributed by atoms with E-state index >= 15 is 0 Å². The maximum Gasteiger partial charge on any atom is 0.394 e. The molecule has 5 nitrogen and oxygen atoms in total. The van der Waals surface area contributed by atoms with Gasteiger partial charge in [-0.25, -0.2) is 0 Å². The van der Waals surface area contributed by atoms with E-state index in [1.165, 1.54) is 57.9 Å². The Labute approximate surface area is 119 Å². The second-order valence-corrected chi connectivity index (χ2v) is 6.83. The third-order valence-corrected chi connectivity index (χ3v) is 2.68. The molecule has 0 atom stereocenters. The lowest BCUT2D eigenvalue weighted by Gasteiger charge is -2.23. The number of rotatable bonds is 9. The van der Waals surface area contributed by atoms with Gasteiger partial charge in [0.15, 0.2) is 0 Å². The first-order valence-electron chi connectivity index (χ1n) is 7.06. The van der Waals surface area contributed by atoms with Gasteiger partial charge in [0.2, 0.25) is 0 Å². The zero-order valence-corrected chi connectivity index (χ0v) is 13.7. The molecule has 19 heavy (non-hydrogen) atoms. The molecule has 0 fully saturated rings. The van der Waals surface area contributed by atoms with Crippen LogP contribution in [0.5, 0.6) is 0 Å². The normalized spacial score (nSPS) is 11.9. The Bertz CT molecular complexity index is 276. The zero-order chi connectivity index (χ0) is 15.4. The van der Waals surface area contributed by atoms with Crippen LogP contribution >= 0.6 is 0 Å². The van der Waals surface area contributed by atoms with Gasteiger partial charge >= 0.3 is 10.4 Å². The van der Waals surface area contributed by atoms with Gasteiger partial charge in [-0.2, -0.15) is 8.42 Å². The molecular weight excluding hydrogens is 266 g/mol. The first-order valence-corrected chi connectivity index (χ1v) is 8.46. The molecule has 0 aliphatic heterocycles. The van der Waals surface area contributed by atoms with Crippen molar-refractivity contribution in [3.8, 4) is 0 Å². The molecule has 0 heterocycles. The number of unbranched alkanes of at least 4 members (excludes halogenated alkanes) is 7. The van der Waals surface area contributed by atoms with Gasteiger partial charge in [-0.1, -0.05) is 45.4 Å². The molecule has 0 spiro atoms. The fraction of sp³-hybridized carbons (Fsp3) is 1.00. The van der Waals surface area contributed by atoms with Crippen molar-refractivity contribution in [2.24, 2.45) is 0 Å². The first kappa shape index (κ1) is 21.1. The highest BCUT2D eigenvalue weighted by atomic mass is 32.3. The van der Waals surface area contributed by atoms with E-state index in [-0.39, 0.29) is 0 Å². The van der Waals surface area contributed by atoms with E-state index in [0.29, 0.717) is 0 Å². The van der Waals surface area contributed by atoms with E-state index in [9.17, 15) is 0 Å². The van der Waals surface area contributed by atoms with Crippen molar-refractivity contribution in [1.29, 1.82) is 0 Å². The van der Waals surface area contributed by atoms with Gasteiger partial charge in [-0.3, -0.25) is 9.11 Å². The van der Waals surface area contributed by atoms with Gasteiger partial charge in [0.05, 0.1) is 27.7 Å². The van der Waals surface area contributed by atoms with Crippen LogP contribution in [-0.2, 0) is 10.4 Å². The van der Waals surface area contributed by atoms with E-state index < -0.39 is 10.4 Å². The molecule has 0 aliphatic carbocycles. The van der Waals surface area contributed by atoms with Crippen molar-refractivity contribution < 1.29 is 22.0 Å². The summed E-state index contributed by atoms with van der Waals surface area (Å²) in [5.41, 5.74) is 0. The lowest BCUT2D eigenvalue weighted by Crippen LogP contribution is -2.35. The number of hydrogen-bond acceptors (Lipinski definition) is 2. The molecule has 0 saturated carbocycles. The highest BCUT2D eigenvalue weighted by Gasteiger charge is 2.04. The summed E-state index contributed by atoms with van der Waals surface area (Å²) in [4.78, 5) is 0. The minimum absolute atomic E-state index is 1.12. The number of quaternary nitrogens is 1. The Morgan fingerprint density at radius 3 is 1.42 bits per heavy atom. The third-order valence-electron chi connectivity index (χ3n) is 2.68. The summed E-state index contributed by atoms with van der Waals surface area (Å²) in [7, 11) is 2.17. The maximum atomic E-state index is 8.74. The smallest absolute Gasteiger partial charge is 0.331 e. The van der Waals surface area contributed by atoms with Gasteiger partial charge in [0.1, 0.15) is 0 Å². The molecule has 0 unspecified atom stereocenters. The van der Waals surface area contributed by atoms with Gasteiger partial charge in [-0.05, 0) is 12.8 Å². The fourth-order valence-corrected chi connectivity index (χ4v) is 1.72. The molecule has 0 bridgehead atoms. The molecule has 0 aromatic rings. The number of nitrogens with zero attached hydrogens (tertiary/aromatic N) is 1. The van der Waals surface area contributed by atoms with Gasteiger partial charge in [0, 0.05) is 0 Å². The molecule has 0 radical (unpaired) electrons. The minimum atomic E-state index is -4.67. The summed E-state index contributed by atoms with van der Waals surface area (Å²) < 4.78 is 32.7. The minimum Gasteiger partial charge on any atom is -0.331 e. The van der Waals surface area contributed by atoms with Gasteiger partial charge < -0.3 is 4.48 Å². The molecule has 0 aliphatic rings. The summed E-state index contributed by atoms with van der Waals surface area (Å²) in [6.45, 7) is 3.61. The molecule has 0 aromatic carbocycles. The molecule has 0 aromatic heterocycles. The zero-order valence-electron chi connectivity index (χ0n) is 12.9. The molecular formula is C13H32NO4S+. The Kier molecular flexibility index (Phi) is 12.9. The van der Waals surface area contributed by atoms with Crippen LogP contribution in [0.3, 0.4) is 0 Å². The van der Waals surface area contributed by atoms with Crippen LogP contribution in [0, 0.1) is 0 Å². The monoisotopic (exact) mass is 298 g/mol. The summed E-state index contributed by atoms with van der Waals surface area (Å²) in [6.07, 6.45) is 11.4. The van der Waals surface area contributed by atoms with Gasteiger partial charge in [0.25, 0.3) is 0 Å². The largest absolute Gasteiger partial charge is 0.394 e. The topological polar surface area (TPSA) is 74.6 Å². The summed E-state index contributed by atoms with van der Waals surface area (Å²) >= 11 is 0. The molecule has 0 rings (SSSR count). The van der Waals surface area contributed by atoms with Crippen molar-refractivity contribution in [2.75, 3.05) is 27.7 Å². The van der Waals surface area contributed by atoms with Crippen LogP contribution in [0.1, 0.15) is 58.3 Å². The summed E-state index contributed by atoms with van der Waals surface area (Å²) in [5, 5.41) is 0. The summed E-state index contributed by atoms with van der Waals surface area (Å²) in [5.74, 6) is 0. The molecule has 0 amide bonds. The first-order chi connectivity index (χ1) is 8.56. The standard InChI is InChI=1S/C13H30N.H2O4S/c1-5-6-7-8-9-10-11-12-13-14(2,3)4;1-5(2,3)4/h5-13H2,1-4H3;(H2,1,2,3,4)/q+1;. The molecule has 0 saturated heterocycles. The second kappa shape index (κ2) is 11.6. The van der Waals surface area contributed by atoms with E-state index in [2.05, 4.69) is 28.1 Å². The fourth-order valence-electron chi connectivity index (χ4n) is 1.72. The van der Waals surface area contributed by atoms with E-state index in [1.807, 2.05) is 0 Å². The van der Waals surface area contributed by atoms with E-state index in [1.54, 1.807) is 0 Å². The molecule has 118 valence electrons. The third kappa shape index (κ3) is 38.1. The van der Waals surface area contributed by atoms with Crippen LogP contribution < -0.4 is 0 Å². The van der Waals surface area contributed by atoms with Crippen molar-refractivity contribution in [3.63, 3.8) is 0 Å². The highest BCUT2D eigenvalue weighted by molar-refractivity contribution is 7.79. The summed E-state index contributed by atoms with van der Waals surface area (Å²) in [6, 6.07) is 0. The highest BCUT2D eigenvalue weighted by Crippen LogP contribution is 2.09. The van der Waals surface area contributed by atoms with Crippen molar-refractivity contribution in [3.05, 3.63) is 0 Å². The van der Waals surface area contributed by atoms with Crippen LogP contribution in [0.2, 0.25) is 0 Å². The Balaban J connectivity index is 0. The average Bonchev–Trinajstić information content (AvgIpc) is 2.18. The lowest BCUT2D eigenvalue weighted by atomic mass is 10.1.